The highest BCUT2D eigenvalue weighted by Crippen LogP contribution is 2.71. The third-order valence-electron chi connectivity index (χ3n) is 12.6. The lowest BCUT2D eigenvalue weighted by atomic mass is 9.42. The average molecular weight is 633 g/mol. The van der Waals surface area contributed by atoms with E-state index in [1.165, 1.54) is 11.1 Å². The van der Waals surface area contributed by atoms with Crippen molar-refractivity contribution in [2.24, 2.45) is 28.6 Å². The number of benzene rings is 2. The van der Waals surface area contributed by atoms with Gasteiger partial charge in [-0.3, -0.25) is 9.78 Å². The molecule has 0 spiro atoms. The minimum Gasteiger partial charge on any atom is -0.493 e. The van der Waals surface area contributed by atoms with E-state index in [1.54, 1.807) is 12.3 Å². The fourth-order valence-corrected chi connectivity index (χ4v) is 10.2. The van der Waals surface area contributed by atoms with Gasteiger partial charge in [0, 0.05) is 49.4 Å². The molecule has 0 saturated heterocycles. The Hall–Kier alpha value is -3.74. The SMILES string of the molecule is CN(C)c1ccc([C@H]2C[C@@]3(C)[C@@H](CC[C@@]3(O)/C=C\CO)[C@@H]3CCC4=CC(=O)CC[C@]4(COc4ccc(-c5cccnc5)cc4)C23)cc1. The zero-order valence-corrected chi connectivity index (χ0v) is 27.9. The van der Waals surface area contributed by atoms with Crippen molar-refractivity contribution < 1.29 is 19.7 Å². The van der Waals surface area contributed by atoms with Crippen LogP contribution in [-0.4, -0.2) is 53.9 Å². The van der Waals surface area contributed by atoms with Crippen molar-refractivity contribution in [1.29, 1.82) is 0 Å². The van der Waals surface area contributed by atoms with Crippen LogP contribution < -0.4 is 9.64 Å². The van der Waals surface area contributed by atoms with E-state index < -0.39 is 5.60 Å². The lowest BCUT2D eigenvalue weighted by Gasteiger charge is -2.62. The van der Waals surface area contributed by atoms with Crippen molar-refractivity contribution in [2.45, 2.75) is 63.4 Å². The number of ketones is 1. The molecule has 0 bridgehead atoms. The number of anilines is 1. The van der Waals surface area contributed by atoms with Gasteiger partial charge in [-0.25, -0.2) is 0 Å². The van der Waals surface area contributed by atoms with Gasteiger partial charge in [0.2, 0.25) is 0 Å². The molecule has 1 unspecified atom stereocenters. The molecule has 6 nitrogen and oxygen atoms in total. The number of carbonyl (C=O) groups excluding carboxylic acids is 1. The standard InChI is InChI=1S/C41H48N2O4/c1-39-25-36(29-7-12-32(13-8-29)43(2)3)38-35(37(39)18-21-41(39,46)19-5-23-44)16-11-31-24-33(45)17-20-40(31,38)27-47-34-14-9-28(10-15-34)30-6-4-22-42-26-30/h4-10,12-15,19,22,24,26,35-38,44,46H,11,16-18,20-21,23,25,27H2,1-3H3/b19-5-/t35-,36+,37-,38?,39-,40+,41-/m0/s1. The number of rotatable bonds is 8. The van der Waals surface area contributed by atoms with Crippen LogP contribution in [0.4, 0.5) is 5.69 Å². The van der Waals surface area contributed by atoms with Gasteiger partial charge < -0.3 is 19.8 Å². The second-order valence-corrected chi connectivity index (χ2v) is 14.9. The van der Waals surface area contributed by atoms with Crippen LogP contribution in [0, 0.1) is 28.6 Å². The first-order chi connectivity index (χ1) is 22.7. The van der Waals surface area contributed by atoms with Gasteiger partial charge in [-0.2, -0.15) is 0 Å². The molecule has 4 aliphatic carbocycles. The fourth-order valence-electron chi connectivity index (χ4n) is 10.2. The van der Waals surface area contributed by atoms with Crippen molar-refractivity contribution in [3.8, 4) is 16.9 Å². The van der Waals surface area contributed by atoms with Crippen LogP contribution in [0.2, 0.25) is 0 Å². The first-order valence-corrected chi connectivity index (χ1v) is 17.3. The lowest BCUT2D eigenvalue weighted by molar-refractivity contribution is -0.129. The van der Waals surface area contributed by atoms with E-state index in [-0.39, 0.29) is 35.1 Å². The highest BCUT2D eigenvalue weighted by Gasteiger charge is 2.66. The predicted molar refractivity (Wildman–Crippen MR) is 186 cm³/mol. The van der Waals surface area contributed by atoms with Crippen LogP contribution in [0.1, 0.15) is 63.4 Å². The Labute approximate surface area is 279 Å². The number of aliphatic hydroxyl groups is 2. The van der Waals surface area contributed by atoms with E-state index >= 15 is 0 Å². The van der Waals surface area contributed by atoms with Gasteiger partial charge in [0.05, 0.1) is 18.8 Å². The third kappa shape index (κ3) is 5.44. The number of carbonyl (C=O) groups is 1. The Morgan fingerprint density at radius 3 is 2.49 bits per heavy atom. The predicted octanol–water partition coefficient (Wildman–Crippen LogP) is 7.38. The summed E-state index contributed by atoms with van der Waals surface area (Å²) in [5.41, 5.74) is 4.31. The molecular formula is C41H48N2O4. The van der Waals surface area contributed by atoms with Gasteiger partial charge >= 0.3 is 0 Å². The quantitative estimate of drug-likeness (QED) is 0.252. The molecular weight excluding hydrogens is 584 g/mol. The molecule has 246 valence electrons. The van der Waals surface area contributed by atoms with E-state index in [9.17, 15) is 15.0 Å². The van der Waals surface area contributed by atoms with Gasteiger partial charge in [0.1, 0.15) is 5.75 Å². The summed E-state index contributed by atoms with van der Waals surface area (Å²) in [6.07, 6.45) is 15.0. The second-order valence-electron chi connectivity index (χ2n) is 14.9. The van der Waals surface area contributed by atoms with E-state index in [4.69, 9.17) is 4.74 Å². The maximum absolute atomic E-state index is 13.0. The maximum Gasteiger partial charge on any atom is 0.155 e. The van der Waals surface area contributed by atoms with Crippen LogP contribution in [0.5, 0.6) is 5.75 Å². The van der Waals surface area contributed by atoms with Crippen LogP contribution in [0.3, 0.4) is 0 Å². The van der Waals surface area contributed by atoms with E-state index in [1.807, 2.05) is 24.4 Å². The normalized spacial score (nSPS) is 33.1. The molecule has 3 saturated carbocycles. The highest BCUT2D eigenvalue weighted by atomic mass is 16.5. The summed E-state index contributed by atoms with van der Waals surface area (Å²) in [6.45, 7) is 2.76. The van der Waals surface area contributed by atoms with Crippen molar-refractivity contribution in [3.63, 3.8) is 0 Å². The number of hydrogen-bond acceptors (Lipinski definition) is 6. The molecule has 0 amide bonds. The summed E-state index contributed by atoms with van der Waals surface area (Å²) in [7, 11) is 4.13. The van der Waals surface area contributed by atoms with E-state index in [2.05, 4.69) is 85.5 Å². The van der Waals surface area contributed by atoms with E-state index in [0.717, 1.165) is 54.7 Å². The Morgan fingerprint density at radius 1 is 1.00 bits per heavy atom. The van der Waals surface area contributed by atoms with Crippen molar-refractivity contribution in [1.82, 2.24) is 4.98 Å². The molecule has 3 aromatic rings. The summed E-state index contributed by atoms with van der Waals surface area (Å²) in [5, 5.41) is 21.9. The van der Waals surface area contributed by atoms with Gasteiger partial charge in [-0.1, -0.05) is 55.0 Å². The van der Waals surface area contributed by atoms with E-state index in [0.29, 0.717) is 31.3 Å². The minimum absolute atomic E-state index is 0.0730. The monoisotopic (exact) mass is 632 g/mol. The molecule has 0 radical (unpaired) electrons. The summed E-state index contributed by atoms with van der Waals surface area (Å²) < 4.78 is 6.78. The summed E-state index contributed by atoms with van der Waals surface area (Å²) >= 11 is 0. The molecule has 1 heterocycles. The van der Waals surface area contributed by atoms with Gasteiger partial charge in [-0.05, 0) is 115 Å². The molecule has 3 fully saturated rings. The summed E-state index contributed by atoms with van der Waals surface area (Å²) in [5.74, 6) is 2.24. The van der Waals surface area contributed by atoms with Crippen molar-refractivity contribution in [2.75, 3.05) is 32.2 Å². The number of fused-ring (bicyclic) bond motifs is 5. The highest BCUT2D eigenvalue weighted by molar-refractivity contribution is 5.91. The Kier molecular flexibility index (Phi) is 8.38. The van der Waals surface area contributed by atoms with Crippen LogP contribution in [0.15, 0.2) is 96.9 Å². The third-order valence-corrected chi connectivity index (χ3v) is 12.6. The largest absolute Gasteiger partial charge is 0.493 e. The molecule has 7 rings (SSSR count). The molecule has 0 aliphatic heterocycles. The number of aliphatic hydroxyl groups excluding tert-OH is 1. The lowest BCUT2D eigenvalue weighted by Crippen LogP contribution is -2.58. The number of ether oxygens (including phenoxy) is 1. The Morgan fingerprint density at radius 2 is 1.79 bits per heavy atom. The first-order valence-electron chi connectivity index (χ1n) is 17.3. The van der Waals surface area contributed by atoms with Crippen LogP contribution in [-0.2, 0) is 4.79 Å². The Bertz CT molecular complexity index is 1650. The summed E-state index contributed by atoms with van der Waals surface area (Å²) in [4.78, 5) is 19.3. The molecule has 47 heavy (non-hydrogen) atoms. The van der Waals surface area contributed by atoms with Gasteiger partial charge in [0.25, 0.3) is 0 Å². The summed E-state index contributed by atoms with van der Waals surface area (Å²) in [6, 6.07) is 21.3. The van der Waals surface area contributed by atoms with Crippen molar-refractivity contribution >= 4 is 11.5 Å². The number of nitrogens with zero attached hydrogens (tertiary/aromatic N) is 2. The van der Waals surface area contributed by atoms with Gasteiger partial charge in [-0.15, -0.1) is 0 Å². The number of hydrogen-bond donors (Lipinski definition) is 2. The maximum atomic E-state index is 13.0. The number of pyridine rings is 1. The molecule has 2 N–H and O–H groups in total. The second kappa shape index (κ2) is 12.4. The topological polar surface area (TPSA) is 82.9 Å². The zero-order chi connectivity index (χ0) is 32.8. The van der Waals surface area contributed by atoms with Crippen molar-refractivity contribution in [3.05, 3.63) is 102 Å². The fraction of sp³-hybridized carbons (Fsp3) is 0.463. The smallest absolute Gasteiger partial charge is 0.155 e. The average Bonchev–Trinajstić information content (AvgIpc) is 3.36. The number of aromatic nitrogens is 1. The molecule has 6 heteroatoms. The van der Waals surface area contributed by atoms with Crippen LogP contribution >= 0.6 is 0 Å². The van der Waals surface area contributed by atoms with Crippen LogP contribution in [0.25, 0.3) is 11.1 Å². The Balaban J connectivity index is 1.29. The van der Waals surface area contributed by atoms with Gasteiger partial charge in [0.15, 0.2) is 5.78 Å². The molecule has 4 aliphatic rings. The molecule has 2 aromatic carbocycles. The minimum atomic E-state index is -0.967. The molecule has 7 atom stereocenters. The zero-order valence-electron chi connectivity index (χ0n) is 27.9. The first kappa shape index (κ1) is 31.8. The molecule has 1 aromatic heterocycles.